The Balaban J connectivity index is 2.09. The molecule has 0 aliphatic rings. The van der Waals surface area contributed by atoms with Crippen LogP contribution in [0.15, 0.2) is 59.8 Å². The summed E-state index contributed by atoms with van der Waals surface area (Å²) in [6.45, 7) is 0. The number of hydrogen-bond acceptors (Lipinski definition) is 3. The third-order valence-corrected chi connectivity index (χ3v) is 5.19. The Morgan fingerprint density at radius 3 is 2.46 bits per heavy atom. The number of aryl methyl sites for hydroxylation is 1. The molecule has 0 saturated heterocycles. The highest BCUT2D eigenvalue weighted by Crippen LogP contribution is 2.25. The standard InChI is InChI=1S/C17H14F3N3O2S/c1-23-8-7-21-17(23)16(11-3-2-4-12(18)9-11)22-26(24,25)15-10-13(19)5-6-14(15)20/h2-10,16,22H,1H3. The Labute approximate surface area is 148 Å². The molecule has 1 aromatic heterocycles. The van der Waals surface area contributed by atoms with Gasteiger partial charge in [0.05, 0.1) is 0 Å². The molecular weight excluding hydrogens is 367 g/mol. The fourth-order valence-electron chi connectivity index (χ4n) is 2.51. The van der Waals surface area contributed by atoms with Gasteiger partial charge < -0.3 is 4.57 Å². The van der Waals surface area contributed by atoms with Gasteiger partial charge in [-0.05, 0) is 35.9 Å². The average molecular weight is 381 g/mol. The number of aromatic nitrogens is 2. The van der Waals surface area contributed by atoms with Gasteiger partial charge >= 0.3 is 0 Å². The number of halogens is 3. The van der Waals surface area contributed by atoms with Gasteiger partial charge in [-0.3, -0.25) is 0 Å². The van der Waals surface area contributed by atoms with E-state index in [2.05, 4.69) is 9.71 Å². The van der Waals surface area contributed by atoms with Crippen molar-refractivity contribution in [3.05, 3.63) is 83.7 Å². The first-order valence-electron chi connectivity index (χ1n) is 7.48. The molecule has 0 aliphatic carbocycles. The molecule has 5 nitrogen and oxygen atoms in total. The van der Waals surface area contributed by atoms with Crippen LogP contribution >= 0.6 is 0 Å². The zero-order chi connectivity index (χ0) is 18.9. The van der Waals surface area contributed by atoms with Crippen molar-refractivity contribution in [2.24, 2.45) is 7.05 Å². The Kier molecular flexibility index (Phi) is 4.84. The summed E-state index contributed by atoms with van der Waals surface area (Å²) in [4.78, 5) is 3.25. The third-order valence-electron chi connectivity index (χ3n) is 3.75. The van der Waals surface area contributed by atoms with E-state index < -0.39 is 38.4 Å². The van der Waals surface area contributed by atoms with E-state index in [4.69, 9.17) is 0 Å². The maximum absolute atomic E-state index is 13.9. The minimum atomic E-state index is -4.46. The summed E-state index contributed by atoms with van der Waals surface area (Å²) >= 11 is 0. The molecule has 0 bridgehead atoms. The fourth-order valence-corrected chi connectivity index (χ4v) is 3.78. The highest BCUT2D eigenvalue weighted by Gasteiger charge is 2.28. The lowest BCUT2D eigenvalue weighted by molar-refractivity contribution is 0.535. The van der Waals surface area contributed by atoms with Crippen molar-refractivity contribution < 1.29 is 21.6 Å². The van der Waals surface area contributed by atoms with E-state index in [9.17, 15) is 21.6 Å². The summed E-state index contributed by atoms with van der Waals surface area (Å²) in [5, 5.41) is 0. The van der Waals surface area contributed by atoms with E-state index >= 15 is 0 Å². The van der Waals surface area contributed by atoms with Crippen LogP contribution in [0.4, 0.5) is 13.2 Å². The van der Waals surface area contributed by atoms with Gasteiger partial charge in [0.15, 0.2) is 0 Å². The minimum absolute atomic E-state index is 0.260. The van der Waals surface area contributed by atoms with Crippen molar-refractivity contribution in [1.29, 1.82) is 0 Å². The van der Waals surface area contributed by atoms with Crippen molar-refractivity contribution in [1.82, 2.24) is 14.3 Å². The zero-order valence-corrected chi connectivity index (χ0v) is 14.3. The molecule has 3 aromatic rings. The highest BCUT2D eigenvalue weighted by molar-refractivity contribution is 7.89. The van der Waals surface area contributed by atoms with Gasteiger partial charge in [-0.1, -0.05) is 12.1 Å². The minimum Gasteiger partial charge on any atom is -0.336 e. The fraction of sp³-hybridized carbons (Fsp3) is 0.118. The van der Waals surface area contributed by atoms with Crippen LogP contribution in [0.5, 0.6) is 0 Å². The van der Waals surface area contributed by atoms with Crippen LogP contribution < -0.4 is 4.72 Å². The number of rotatable bonds is 5. The number of hydrogen-bond donors (Lipinski definition) is 1. The molecule has 1 heterocycles. The average Bonchev–Trinajstić information content (AvgIpc) is 3.00. The number of nitrogens with one attached hydrogen (secondary N) is 1. The quantitative estimate of drug-likeness (QED) is 0.739. The van der Waals surface area contributed by atoms with Crippen LogP contribution in [0.1, 0.15) is 17.4 Å². The number of nitrogens with zero attached hydrogens (tertiary/aromatic N) is 2. The van der Waals surface area contributed by atoms with Crippen LogP contribution in [-0.4, -0.2) is 18.0 Å². The van der Waals surface area contributed by atoms with E-state index in [-0.39, 0.29) is 11.4 Å². The molecule has 1 N–H and O–H groups in total. The van der Waals surface area contributed by atoms with Crippen LogP contribution in [0.25, 0.3) is 0 Å². The summed E-state index contributed by atoms with van der Waals surface area (Å²) in [6, 6.07) is 6.30. The summed E-state index contributed by atoms with van der Waals surface area (Å²) in [5.41, 5.74) is 0.264. The van der Waals surface area contributed by atoms with Gasteiger partial charge in [-0.15, -0.1) is 0 Å². The van der Waals surface area contributed by atoms with Crippen molar-refractivity contribution in [2.75, 3.05) is 0 Å². The first-order chi connectivity index (χ1) is 12.3. The van der Waals surface area contributed by atoms with Gasteiger partial charge in [0, 0.05) is 19.4 Å². The molecule has 1 unspecified atom stereocenters. The monoisotopic (exact) mass is 381 g/mol. The zero-order valence-electron chi connectivity index (χ0n) is 13.5. The lowest BCUT2D eigenvalue weighted by Gasteiger charge is -2.19. The summed E-state index contributed by atoms with van der Waals surface area (Å²) in [5.74, 6) is -2.31. The van der Waals surface area contributed by atoms with Crippen molar-refractivity contribution in [3.8, 4) is 0 Å². The molecule has 0 saturated carbocycles. The van der Waals surface area contributed by atoms with Crippen molar-refractivity contribution in [3.63, 3.8) is 0 Å². The molecule has 0 fully saturated rings. The molecule has 0 spiro atoms. The first kappa shape index (κ1) is 18.2. The normalized spacial score (nSPS) is 12.9. The third kappa shape index (κ3) is 3.63. The predicted octanol–water partition coefficient (Wildman–Crippen LogP) is 2.91. The predicted molar refractivity (Wildman–Crippen MR) is 88.1 cm³/mol. The molecular formula is C17H14F3N3O2S. The number of sulfonamides is 1. The largest absolute Gasteiger partial charge is 0.336 e. The van der Waals surface area contributed by atoms with Gasteiger partial charge in [0.2, 0.25) is 10.0 Å². The molecule has 1 atom stereocenters. The summed E-state index contributed by atoms with van der Waals surface area (Å²) < 4.78 is 70.1. The molecule has 136 valence electrons. The Morgan fingerprint density at radius 2 is 1.81 bits per heavy atom. The van der Waals surface area contributed by atoms with Gasteiger partial charge in [0.25, 0.3) is 0 Å². The van der Waals surface area contributed by atoms with Crippen LogP contribution in [0.2, 0.25) is 0 Å². The van der Waals surface area contributed by atoms with E-state index in [1.807, 2.05) is 0 Å². The van der Waals surface area contributed by atoms with E-state index in [0.29, 0.717) is 6.07 Å². The smallest absolute Gasteiger partial charge is 0.244 e. The Morgan fingerprint density at radius 1 is 1.08 bits per heavy atom. The molecule has 26 heavy (non-hydrogen) atoms. The topological polar surface area (TPSA) is 64.0 Å². The van der Waals surface area contributed by atoms with Crippen LogP contribution in [0, 0.1) is 17.5 Å². The van der Waals surface area contributed by atoms with Crippen LogP contribution in [-0.2, 0) is 17.1 Å². The lowest BCUT2D eigenvalue weighted by Crippen LogP contribution is -2.32. The number of benzene rings is 2. The maximum Gasteiger partial charge on any atom is 0.244 e. The lowest BCUT2D eigenvalue weighted by atomic mass is 10.1. The summed E-state index contributed by atoms with van der Waals surface area (Å²) in [6.07, 6.45) is 3.03. The van der Waals surface area contributed by atoms with Crippen LogP contribution in [0.3, 0.4) is 0 Å². The highest BCUT2D eigenvalue weighted by atomic mass is 32.2. The van der Waals surface area contributed by atoms with Gasteiger partial charge in [0.1, 0.15) is 34.2 Å². The van der Waals surface area contributed by atoms with Gasteiger partial charge in [-0.25, -0.2) is 26.6 Å². The van der Waals surface area contributed by atoms with Crippen molar-refractivity contribution in [2.45, 2.75) is 10.9 Å². The molecule has 9 heteroatoms. The Hall–Kier alpha value is -2.65. The first-order valence-corrected chi connectivity index (χ1v) is 8.96. The molecule has 3 rings (SSSR count). The van der Waals surface area contributed by atoms with Gasteiger partial charge in [-0.2, -0.15) is 4.72 Å². The molecule has 0 aliphatic heterocycles. The molecule has 2 aromatic carbocycles. The molecule has 0 radical (unpaired) electrons. The summed E-state index contributed by atoms with van der Waals surface area (Å²) in [7, 11) is -2.83. The Bertz CT molecular complexity index is 1050. The maximum atomic E-state index is 13.9. The van der Waals surface area contributed by atoms with E-state index in [0.717, 1.165) is 18.2 Å². The number of imidazole rings is 1. The van der Waals surface area contributed by atoms with Crippen molar-refractivity contribution >= 4 is 10.0 Å². The second kappa shape index (κ2) is 6.93. The molecule has 0 amide bonds. The SMILES string of the molecule is Cn1ccnc1C(NS(=O)(=O)c1cc(F)ccc1F)c1cccc(F)c1. The van der Waals surface area contributed by atoms with E-state index in [1.54, 1.807) is 17.8 Å². The second-order valence-electron chi connectivity index (χ2n) is 5.58. The van der Waals surface area contributed by atoms with E-state index in [1.165, 1.54) is 24.4 Å². The second-order valence-corrected chi connectivity index (χ2v) is 7.26.